The van der Waals surface area contributed by atoms with Crippen LogP contribution in [0.4, 0.5) is 0 Å². The third-order valence-electron chi connectivity index (χ3n) is 2.75. The van der Waals surface area contributed by atoms with Gasteiger partial charge in [-0.3, -0.25) is 9.59 Å². The van der Waals surface area contributed by atoms with Gasteiger partial charge in [-0.25, -0.2) is 0 Å². The molecule has 0 atom stereocenters. The fourth-order valence-electron chi connectivity index (χ4n) is 1.96. The van der Waals surface area contributed by atoms with Crippen LogP contribution >= 0.6 is 25.3 Å². The van der Waals surface area contributed by atoms with Crippen LogP contribution in [0, 0.1) is 0 Å². The lowest BCUT2D eigenvalue weighted by Gasteiger charge is -2.20. The minimum atomic E-state index is -0.287. The largest absolute Gasteiger partial charge is 0.289 e. The van der Waals surface area contributed by atoms with E-state index in [1.807, 2.05) is 0 Å². The number of rotatable bonds is 2. The number of carbonyl (C=O) groups excluding carboxylic acids is 2. The number of hydrogen-bond acceptors (Lipinski definition) is 4. The molecule has 0 bridgehead atoms. The summed E-state index contributed by atoms with van der Waals surface area (Å²) in [6.07, 6.45) is 1.37. The standard InChI is InChI=1S/C14H10O2S2/c1-3-8-11(7(2)17)14(16)12-9(13(8)15)5-4-6-10(12)18/h3-6,17-18H,1-2H2. The average Bonchev–Trinajstić information content (AvgIpc) is 2.32. The summed E-state index contributed by atoms with van der Waals surface area (Å²) in [5.41, 5.74) is 1.10. The highest BCUT2D eigenvalue weighted by atomic mass is 32.1. The van der Waals surface area contributed by atoms with E-state index in [0.29, 0.717) is 16.0 Å². The maximum Gasteiger partial charge on any atom is 0.196 e. The summed E-state index contributed by atoms with van der Waals surface area (Å²) < 4.78 is 0. The van der Waals surface area contributed by atoms with Crippen molar-refractivity contribution in [1.82, 2.24) is 0 Å². The van der Waals surface area contributed by atoms with Gasteiger partial charge in [0.05, 0.1) is 0 Å². The predicted molar refractivity (Wildman–Crippen MR) is 77.7 cm³/mol. The van der Waals surface area contributed by atoms with Gasteiger partial charge >= 0.3 is 0 Å². The van der Waals surface area contributed by atoms with Crippen LogP contribution in [-0.4, -0.2) is 11.6 Å². The fraction of sp³-hybridized carbons (Fsp3) is 0. The second-order valence-corrected chi connectivity index (χ2v) is 4.82. The molecule has 1 aromatic rings. The number of hydrogen-bond donors (Lipinski definition) is 2. The van der Waals surface area contributed by atoms with Gasteiger partial charge in [-0.2, -0.15) is 0 Å². The molecule has 0 heterocycles. The van der Waals surface area contributed by atoms with E-state index in [0.717, 1.165) is 0 Å². The highest BCUT2D eigenvalue weighted by Gasteiger charge is 2.32. The van der Waals surface area contributed by atoms with Crippen molar-refractivity contribution in [2.24, 2.45) is 0 Å². The summed E-state index contributed by atoms with van der Waals surface area (Å²) in [4.78, 5) is 25.4. The molecule has 0 saturated carbocycles. The van der Waals surface area contributed by atoms with E-state index >= 15 is 0 Å². The van der Waals surface area contributed by atoms with Crippen LogP contribution in [0.1, 0.15) is 20.7 Å². The molecule has 2 rings (SSSR count). The van der Waals surface area contributed by atoms with Crippen molar-refractivity contribution in [1.29, 1.82) is 0 Å². The highest BCUT2D eigenvalue weighted by molar-refractivity contribution is 7.84. The molecular weight excluding hydrogens is 264 g/mol. The minimum absolute atomic E-state index is 0.201. The lowest BCUT2D eigenvalue weighted by molar-refractivity contribution is 0.0978. The van der Waals surface area contributed by atoms with Gasteiger partial charge < -0.3 is 0 Å². The Morgan fingerprint density at radius 1 is 1.22 bits per heavy atom. The van der Waals surface area contributed by atoms with Gasteiger partial charge in [0.25, 0.3) is 0 Å². The van der Waals surface area contributed by atoms with E-state index in [4.69, 9.17) is 0 Å². The molecule has 0 fully saturated rings. The van der Waals surface area contributed by atoms with Crippen LogP contribution in [0.3, 0.4) is 0 Å². The number of ketones is 2. The van der Waals surface area contributed by atoms with E-state index < -0.39 is 0 Å². The van der Waals surface area contributed by atoms with Gasteiger partial charge in [-0.1, -0.05) is 31.4 Å². The zero-order chi connectivity index (χ0) is 13.4. The zero-order valence-corrected chi connectivity index (χ0v) is 11.2. The molecule has 2 nitrogen and oxygen atoms in total. The minimum Gasteiger partial charge on any atom is -0.289 e. The second-order valence-electron chi connectivity index (χ2n) is 3.80. The molecule has 0 saturated heterocycles. The van der Waals surface area contributed by atoms with Gasteiger partial charge in [0.2, 0.25) is 0 Å². The van der Waals surface area contributed by atoms with Gasteiger partial charge in [0.15, 0.2) is 11.6 Å². The normalized spacial score (nSPS) is 14.6. The molecule has 1 aliphatic carbocycles. The molecule has 0 aromatic heterocycles. The first-order chi connectivity index (χ1) is 8.49. The van der Waals surface area contributed by atoms with Crippen LogP contribution in [0.5, 0.6) is 0 Å². The highest BCUT2D eigenvalue weighted by Crippen LogP contribution is 2.34. The molecule has 0 radical (unpaired) electrons. The monoisotopic (exact) mass is 274 g/mol. The Bertz CT molecular complexity index is 639. The quantitative estimate of drug-likeness (QED) is 0.812. The second kappa shape index (κ2) is 4.63. The Balaban J connectivity index is 2.83. The van der Waals surface area contributed by atoms with E-state index in [1.165, 1.54) is 6.08 Å². The van der Waals surface area contributed by atoms with Crippen LogP contribution in [0.15, 0.2) is 58.4 Å². The molecule has 1 aliphatic rings. The molecule has 1 aromatic carbocycles. The first-order valence-corrected chi connectivity index (χ1v) is 6.04. The predicted octanol–water partition coefficient (Wildman–Crippen LogP) is 3.28. The number of thiol groups is 2. The Morgan fingerprint density at radius 3 is 2.44 bits per heavy atom. The fourth-order valence-corrected chi connectivity index (χ4v) is 2.49. The van der Waals surface area contributed by atoms with Gasteiger partial charge in [0, 0.05) is 32.1 Å². The molecule has 18 heavy (non-hydrogen) atoms. The number of allylic oxidation sites excluding steroid dienone is 3. The van der Waals surface area contributed by atoms with E-state index in [1.54, 1.807) is 18.2 Å². The molecule has 4 heteroatoms. The van der Waals surface area contributed by atoms with Crippen LogP contribution < -0.4 is 0 Å². The molecule has 90 valence electrons. The van der Waals surface area contributed by atoms with Crippen molar-refractivity contribution in [3.8, 4) is 0 Å². The topological polar surface area (TPSA) is 34.1 Å². The van der Waals surface area contributed by atoms with Gasteiger partial charge in [0.1, 0.15) is 0 Å². The Kier molecular flexibility index (Phi) is 3.32. The summed E-state index contributed by atoms with van der Waals surface area (Å²) >= 11 is 8.31. The van der Waals surface area contributed by atoms with Crippen molar-refractivity contribution >= 4 is 36.8 Å². The van der Waals surface area contributed by atoms with Crippen molar-refractivity contribution < 1.29 is 9.59 Å². The van der Waals surface area contributed by atoms with Crippen molar-refractivity contribution in [3.63, 3.8) is 0 Å². The number of fused-ring (bicyclic) bond motifs is 1. The number of benzene rings is 1. The molecule has 0 unspecified atom stereocenters. The maximum absolute atomic E-state index is 12.4. The molecular formula is C14H10O2S2. The summed E-state index contributed by atoms with van der Waals surface area (Å²) in [6, 6.07) is 4.97. The molecule has 0 spiro atoms. The van der Waals surface area contributed by atoms with Crippen LogP contribution in [0.25, 0.3) is 0 Å². The summed E-state index contributed by atoms with van der Waals surface area (Å²) in [6.45, 7) is 7.20. The Labute approximate surface area is 116 Å². The molecule has 0 aliphatic heterocycles. The van der Waals surface area contributed by atoms with Crippen molar-refractivity contribution in [2.45, 2.75) is 4.90 Å². The summed E-state index contributed by atoms with van der Waals surface area (Å²) in [5.74, 6) is -0.536. The Morgan fingerprint density at radius 2 is 1.89 bits per heavy atom. The van der Waals surface area contributed by atoms with E-state index in [-0.39, 0.29) is 27.6 Å². The average molecular weight is 274 g/mol. The zero-order valence-electron chi connectivity index (χ0n) is 9.43. The Hall–Kier alpha value is -1.52. The number of carbonyl (C=O) groups is 2. The smallest absolute Gasteiger partial charge is 0.196 e. The lowest BCUT2D eigenvalue weighted by atomic mass is 9.84. The first-order valence-electron chi connectivity index (χ1n) is 5.15. The third-order valence-corrected chi connectivity index (χ3v) is 3.34. The van der Waals surface area contributed by atoms with Crippen LogP contribution in [0.2, 0.25) is 0 Å². The van der Waals surface area contributed by atoms with Gasteiger partial charge in [-0.15, -0.1) is 25.3 Å². The SMILES string of the molecule is C=CC1=C(C(=C)S)C(=O)c2c(S)cccc2C1=O. The van der Waals surface area contributed by atoms with Gasteiger partial charge in [-0.05, 0) is 6.07 Å². The van der Waals surface area contributed by atoms with Crippen LogP contribution in [-0.2, 0) is 0 Å². The van der Waals surface area contributed by atoms with E-state index in [2.05, 4.69) is 38.4 Å². The van der Waals surface area contributed by atoms with Crippen molar-refractivity contribution in [2.75, 3.05) is 0 Å². The van der Waals surface area contributed by atoms with E-state index in [9.17, 15) is 9.59 Å². The number of Topliss-reactive ketones (excluding diaryl/α,β-unsaturated/α-hetero) is 2. The first kappa shape index (κ1) is 12.9. The summed E-state index contributed by atoms with van der Waals surface area (Å²) in [7, 11) is 0. The molecule has 0 N–H and O–H groups in total. The lowest BCUT2D eigenvalue weighted by Crippen LogP contribution is -2.22. The van der Waals surface area contributed by atoms with Crippen molar-refractivity contribution in [3.05, 3.63) is 64.6 Å². The third kappa shape index (κ3) is 1.78. The molecule has 0 amide bonds. The maximum atomic E-state index is 12.4. The summed E-state index contributed by atoms with van der Waals surface area (Å²) in [5, 5.41) is 0.